The first kappa shape index (κ1) is 22.6. The maximum absolute atomic E-state index is 13.2. The molecule has 0 heterocycles. The van der Waals surface area contributed by atoms with Crippen LogP contribution in [0.2, 0.25) is 0 Å². The summed E-state index contributed by atoms with van der Waals surface area (Å²) in [6.07, 6.45) is 2.72. The molecule has 0 fully saturated rings. The Balaban J connectivity index is 1.64. The molecule has 0 bridgehead atoms. The summed E-state index contributed by atoms with van der Waals surface area (Å²) < 4.78 is 12.4. The first-order valence-electron chi connectivity index (χ1n) is 11.3. The highest BCUT2D eigenvalue weighted by molar-refractivity contribution is 6.56. The largest absolute Gasteiger partial charge is 0.457 e. The highest BCUT2D eigenvalue weighted by Gasteiger charge is 2.33. The standard InChI is InChI=1S/C30H18Cl2O4/c1-15-3-7-17(8-4-15)35-25-11-19-21(31)14-24(34)30-26(36-18-9-5-16(2)6-10-18)12-20-22(32)13-23(33)29(25)27(20)28(19)30/h3-14H,1-2H3. The third-order valence-electron chi connectivity index (χ3n) is 6.35. The van der Waals surface area contributed by atoms with Gasteiger partial charge in [0.1, 0.15) is 23.0 Å². The molecule has 0 aromatic heterocycles. The lowest BCUT2D eigenvalue weighted by molar-refractivity contribution is 0.103. The molecule has 0 N–H and O–H groups in total. The lowest BCUT2D eigenvalue weighted by Gasteiger charge is -2.25. The quantitative estimate of drug-likeness (QED) is 0.274. The van der Waals surface area contributed by atoms with Crippen LogP contribution in [0.25, 0.3) is 20.8 Å². The second-order valence-electron chi connectivity index (χ2n) is 8.89. The van der Waals surface area contributed by atoms with Crippen molar-refractivity contribution in [2.45, 2.75) is 13.8 Å². The zero-order valence-corrected chi connectivity index (χ0v) is 20.8. The van der Waals surface area contributed by atoms with Crippen molar-refractivity contribution in [3.8, 4) is 23.0 Å². The Kier molecular flexibility index (Phi) is 5.25. The van der Waals surface area contributed by atoms with E-state index in [0.717, 1.165) is 11.1 Å². The Morgan fingerprint density at radius 3 is 1.31 bits per heavy atom. The van der Waals surface area contributed by atoms with Gasteiger partial charge in [-0.2, -0.15) is 0 Å². The minimum Gasteiger partial charge on any atom is -0.457 e. The highest BCUT2D eigenvalue weighted by Crippen LogP contribution is 2.50. The molecule has 6 heteroatoms. The van der Waals surface area contributed by atoms with Gasteiger partial charge in [-0.25, -0.2) is 0 Å². The van der Waals surface area contributed by atoms with Crippen LogP contribution >= 0.6 is 23.2 Å². The molecule has 4 nitrogen and oxygen atoms in total. The Morgan fingerprint density at radius 2 is 0.944 bits per heavy atom. The van der Waals surface area contributed by atoms with Crippen LogP contribution in [0.1, 0.15) is 43.0 Å². The Morgan fingerprint density at radius 1 is 0.583 bits per heavy atom. The minimum atomic E-state index is -0.308. The number of carbonyl (C=O) groups excluding carboxylic acids is 2. The van der Waals surface area contributed by atoms with Gasteiger partial charge in [-0.3, -0.25) is 9.59 Å². The van der Waals surface area contributed by atoms with E-state index in [1.165, 1.54) is 12.2 Å². The number of benzene rings is 4. The fourth-order valence-electron chi connectivity index (χ4n) is 4.61. The molecule has 6 rings (SSSR count). The van der Waals surface area contributed by atoms with Crippen LogP contribution in [-0.4, -0.2) is 11.6 Å². The molecule has 4 aromatic carbocycles. The van der Waals surface area contributed by atoms with Crippen LogP contribution in [0.4, 0.5) is 0 Å². The van der Waals surface area contributed by atoms with Crippen molar-refractivity contribution >= 4 is 55.6 Å². The number of ketones is 2. The summed E-state index contributed by atoms with van der Waals surface area (Å²) in [5, 5.41) is 1.56. The molecule has 0 saturated carbocycles. The van der Waals surface area contributed by atoms with Gasteiger partial charge in [-0.05, 0) is 50.2 Å². The van der Waals surface area contributed by atoms with E-state index in [0.29, 0.717) is 56.0 Å². The fourth-order valence-corrected chi connectivity index (χ4v) is 5.11. The maximum atomic E-state index is 13.2. The summed E-state index contributed by atoms with van der Waals surface area (Å²) in [4.78, 5) is 26.5. The summed E-state index contributed by atoms with van der Waals surface area (Å²) in [7, 11) is 0. The smallest absolute Gasteiger partial charge is 0.191 e. The summed E-state index contributed by atoms with van der Waals surface area (Å²) >= 11 is 13.2. The third kappa shape index (κ3) is 3.62. The molecule has 0 radical (unpaired) electrons. The number of halogens is 2. The molecule has 0 amide bonds. The second-order valence-corrected chi connectivity index (χ2v) is 9.70. The van der Waals surface area contributed by atoms with Crippen LogP contribution in [-0.2, 0) is 0 Å². The van der Waals surface area contributed by atoms with Crippen LogP contribution in [0.3, 0.4) is 0 Å². The predicted octanol–water partition coefficient (Wildman–Crippen LogP) is 8.59. The molecular formula is C30H18Cl2O4. The molecule has 0 spiro atoms. The van der Waals surface area contributed by atoms with E-state index in [2.05, 4.69) is 0 Å². The van der Waals surface area contributed by atoms with Crippen molar-refractivity contribution in [3.05, 3.63) is 106 Å². The number of allylic oxidation sites excluding steroid dienone is 2. The molecule has 2 aliphatic rings. The van der Waals surface area contributed by atoms with Gasteiger partial charge in [0.25, 0.3) is 0 Å². The van der Waals surface area contributed by atoms with Gasteiger partial charge >= 0.3 is 0 Å². The van der Waals surface area contributed by atoms with E-state index in [1.807, 2.05) is 62.4 Å². The van der Waals surface area contributed by atoms with Gasteiger partial charge in [0.05, 0.1) is 21.2 Å². The van der Waals surface area contributed by atoms with Crippen molar-refractivity contribution in [2.75, 3.05) is 0 Å². The predicted molar refractivity (Wildman–Crippen MR) is 143 cm³/mol. The van der Waals surface area contributed by atoms with Gasteiger partial charge in [0.15, 0.2) is 11.6 Å². The molecule has 4 aromatic rings. The van der Waals surface area contributed by atoms with E-state index >= 15 is 0 Å². The summed E-state index contributed by atoms with van der Waals surface area (Å²) in [6, 6.07) is 18.4. The van der Waals surface area contributed by atoms with Gasteiger partial charge in [0.2, 0.25) is 0 Å². The van der Waals surface area contributed by atoms with E-state index in [9.17, 15) is 9.59 Å². The van der Waals surface area contributed by atoms with Crippen molar-refractivity contribution < 1.29 is 19.1 Å². The molecule has 0 atom stereocenters. The normalized spacial score (nSPS) is 14.0. The first-order chi connectivity index (χ1) is 17.3. The number of carbonyl (C=O) groups is 2. The zero-order valence-electron chi connectivity index (χ0n) is 19.3. The summed E-state index contributed by atoms with van der Waals surface area (Å²) in [5.41, 5.74) is 3.97. The Labute approximate surface area is 217 Å². The Hall–Kier alpha value is -3.86. The van der Waals surface area contributed by atoms with Crippen molar-refractivity contribution in [3.63, 3.8) is 0 Å². The van der Waals surface area contributed by atoms with Crippen LogP contribution in [0, 0.1) is 13.8 Å². The SMILES string of the molecule is Cc1ccc(Oc2cc3c4c(c(Oc5ccc(C)cc5)cc5c4c2C(=O)C=C5Cl)C(=O)C=C3Cl)cc1. The Bertz CT molecular complexity index is 1550. The molecule has 0 unspecified atom stereocenters. The van der Waals surface area contributed by atoms with Crippen molar-refractivity contribution in [1.29, 1.82) is 0 Å². The third-order valence-corrected chi connectivity index (χ3v) is 6.98. The van der Waals surface area contributed by atoms with E-state index in [4.69, 9.17) is 32.7 Å². The monoisotopic (exact) mass is 512 g/mol. The molecule has 0 saturated heterocycles. The lowest BCUT2D eigenvalue weighted by Crippen LogP contribution is -2.13. The van der Waals surface area contributed by atoms with Gasteiger partial charge in [-0.15, -0.1) is 0 Å². The molecule has 176 valence electrons. The van der Waals surface area contributed by atoms with Crippen LogP contribution < -0.4 is 9.47 Å². The van der Waals surface area contributed by atoms with Crippen LogP contribution in [0.5, 0.6) is 23.0 Å². The maximum Gasteiger partial charge on any atom is 0.191 e. The zero-order chi connectivity index (χ0) is 25.1. The molecular weight excluding hydrogens is 495 g/mol. The van der Waals surface area contributed by atoms with E-state index in [1.54, 1.807) is 12.1 Å². The molecule has 36 heavy (non-hydrogen) atoms. The van der Waals surface area contributed by atoms with Gasteiger partial charge < -0.3 is 9.47 Å². The minimum absolute atomic E-state index is 0.254. The average Bonchev–Trinajstić information content (AvgIpc) is 2.84. The van der Waals surface area contributed by atoms with Crippen LogP contribution in [0.15, 0.2) is 72.8 Å². The van der Waals surface area contributed by atoms with E-state index in [-0.39, 0.29) is 21.6 Å². The number of hydrogen-bond donors (Lipinski definition) is 0. The first-order valence-corrected chi connectivity index (χ1v) is 12.1. The highest BCUT2D eigenvalue weighted by atomic mass is 35.5. The second kappa shape index (κ2) is 8.37. The van der Waals surface area contributed by atoms with Gasteiger partial charge in [0, 0.05) is 34.1 Å². The molecule has 2 aliphatic carbocycles. The summed E-state index contributed by atoms with van der Waals surface area (Å²) in [5.74, 6) is 1.21. The lowest BCUT2D eigenvalue weighted by atomic mass is 9.83. The van der Waals surface area contributed by atoms with Crippen molar-refractivity contribution in [2.24, 2.45) is 0 Å². The molecule has 0 aliphatic heterocycles. The number of hydrogen-bond acceptors (Lipinski definition) is 4. The number of aryl methyl sites for hydroxylation is 2. The number of rotatable bonds is 4. The topological polar surface area (TPSA) is 52.6 Å². The average molecular weight is 513 g/mol. The fraction of sp³-hybridized carbons (Fsp3) is 0.0667. The van der Waals surface area contributed by atoms with Crippen molar-refractivity contribution in [1.82, 2.24) is 0 Å². The number of ether oxygens (including phenoxy) is 2. The van der Waals surface area contributed by atoms with E-state index < -0.39 is 0 Å². The van der Waals surface area contributed by atoms with Gasteiger partial charge in [-0.1, -0.05) is 58.6 Å². The summed E-state index contributed by atoms with van der Waals surface area (Å²) in [6.45, 7) is 3.96.